The van der Waals surface area contributed by atoms with Gasteiger partial charge in [0.25, 0.3) is 5.01 Å². The summed E-state index contributed by atoms with van der Waals surface area (Å²) in [6.45, 7) is 6.17. The summed E-state index contributed by atoms with van der Waals surface area (Å²) in [5.41, 5.74) is 2.43. The fourth-order valence-electron chi connectivity index (χ4n) is 3.22. The van der Waals surface area contributed by atoms with E-state index in [0.717, 1.165) is 30.4 Å². The number of thiazole rings is 1. The van der Waals surface area contributed by atoms with Gasteiger partial charge < -0.3 is 33.6 Å². The molecule has 0 saturated carbocycles. The zero-order chi connectivity index (χ0) is 17.2. The average molecular weight is 476 g/mol. The third-order valence-electron chi connectivity index (χ3n) is 4.38. The van der Waals surface area contributed by atoms with E-state index < -0.39 is 0 Å². The van der Waals surface area contributed by atoms with Crippen LogP contribution < -0.4 is 38.2 Å². The quantitative estimate of drug-likeness (QED) is 0.423. The first-order chi connectivity index (χ1) is 12.3. The first-order valence-corrected chi connectivity index (χ1v) is 9.47. The second-order valence-electron chi connectivity index (χ2n) is 5.83. The van der Waals surface area contributed by atoms with Gasteiger partial charge in [0.05, 0.1) is 5.69 Å². The highest BCUT2D eigenvalue weighted by Gasteiger charge is 2.23. The summed E-state index contributed by atoms with van der Waals surface area (Å²) in [7, 11) is 0. The Bertz CT molecular complexity index is 977. The second-order valence-corrected chi connectivity index (χ2v) is 6.89. The van der Waals surface area contributed by atoms with Crippen molar-refractivity contribution in [3.63, 3.8) is 0 Å². The molecule has 26 heavy (non-hydrogen) atoms. The average Bonchev–Trinajstić information content (AvgIpc) is 3.18. The molecular weight excluding hydrogens is 455 g/mol. The van der Waals surface area contributed by atoms with Crippen molar-refractivity contribution in [2.75, 3.05) is 11.4 Å². The Morgan fingerprint density at radius 3 is 2.65 bits per heavy atom. The minimum absolute atomic E-state index is 0. The molecule has 0 N–H and O–H groups in total. The number of hydrogen-bond donors (Lipinski definition) is 0. The number of benzene rings is 2. The summed E-state index contributed by atoms with van der Waals surface area (Å²) >= 11 is 1.82. The van der Waals surface area contributed by atoms with E-state index >= 15 is 0 Å². The maximum atomic E-state index is 6.00. The third-order valence-corrected chi connectivity index (χ3v) is 5.51. The lowest BCUT2D eigenvalue weighted by molar-refractivity contribution is -0.665. The van der Waals surface area contributed by atoms with E-state index in [-0.39, 0.29) is 24.0 Å². The molecule has 0 spiro atoms. The molecule has 1 aliphatic rings. The van der Waals surface area contributed by atoms with Crippen LogP contribution in [0.1, 0.15) is 18.9 Å². The van der Waals surface area contributed by atoms with Crippen LogP contribution in [-0.4, -0.2) is 6.54 Å². The molecule has 3 aromatic rings. The van der Waals surface area contributed by atoms with Crippen molar-refractivity contribution in [2.45, 2.75) is 20.4 Å². The summed E-state index contributed by atoms with van der Waals surface area (Å²) < 4.78 is 9.66. The molecule has 3 nitrogen and oxygen atoms in total. The molecule has 4 rings (SSSR count). The minimum atomic E-state index is 0. The molecule has 0 aliphatic carbocycles. The van der Waals surface area contributed by atoms with Crippen molar-refractivity contribution in [3.8, 4) is 5.75 Å². The number of para-hydroxylation sites is 3. The molecule has 5 heteroatoms. The van der Waals surface area contributed by atoms with E-state index in [2.05, 4.69) is 65.8 Å². The van der Waals surface area contributed by atoms with Gasteiger partial charge in [-0.05, 0) is 44.2 Å². The number of ether oxygens (including phenoxy) is 1. The smallest absolute Gasteiger partial charge is 0.262 e. The summed E-state index contributed by atoms with van der Waals surface area (Å²) in [6.07, 6.45) is 6.30. The second kappa shape index (κ2) is 8.22. The van der Waals surface area contributed by atoms with Crippen LogP contribution in [-0.2, 0) is 6.54 Å². The molecular formula is C21H21IN2OS. The number of rotatable bonds is 4. The van der Waals surface area contributed by atoms with Crippen LogP contribution in [0.3, 0.4) is 0 Å². The van der Waals surface area contributed by atoms with Crippen molar-refractivity contribution >= 4 is 33.3 Å². The van der Waals surface area contributed by atoms with Gasteiger partial charge in [-0.1, -0.05) is 35.6 Å². The van der Waals surface area contributed by atoms with Crippen molar-refractivity contribution in [2.24, 2.45) is 0 Å². The lowest BCUT2D eigenvalue weighted by Gasteiger charge is -2.14. The van der Waals surface area contributed by atoms with Crippen molar-refractivity contribution < 1.29 is 33.3 Å². The van der Waals surface area contributed by atoms with Crippen molar-refractivity contribution in [1.82, 2.24) is 0 Å². The fraction of sp³-hybridized carbons (Fsp3) is 0.190. The number of fused-ring (bicyclic) bond motifs is 2. The van der Waals surface area contributed by atoms with Gasteiger partial charge in [-0.3, -0.25) is 0 Å². The Morgan fingerprint density at radius 2 is 1.85 bits per heavy atom. The van der Waals surface area contributed by atoms with Gasteiger partial charge >= 0.3 is 0 Å². The van der Waals surface area contributed by atoms with Gasteiger partial charge in [-0.15, -0.1) is 0 Å². The van der Waals surface area contributed by atoms with Crippen LogP contribution >= 0.6 is 11.3 Å². The van der Waals surface area contributed by atoms with Crippen LogP contribution in [0.25, 0.3) is 16.3 Å². The predicted octanol–water partition coefficient (Wildman–Crippen LogP) is 1.99. The number of anilines is 1. The molecule has 0 atom stereocenters. The van der Waals surface area contributed by atoms with Gasteiger partial charge in [0.2, 0.25) is 11.4 Å². The highest BCUT2D eigenvalue weighted by Crippen LogP contribution is 2.38. The Kier molecular flexibility index (Phi) is 5.98. The zero-order valence-electron chi connectivity index (χ0n) is 14.9. The van der Waals surface area contributed by atoms with Gasteiger partial charge in [-0.2, -0.15) is 4.57 Å². The first-order valence-electron chi connectivity index (χ1n) is 8.66. The molecule has 1 aliphatic heterocycles. The Morgan fingerprint density at radius 1 is 1.08 bits per heavy atom. The van der Waals surface area contributed by atoms with Crippen LogP contribution in [0.15, 0.2) is 66.6 Å². The normalized spacial score (nSPS) is 14.7. The fourth-order valence-corrected chi connectivity index (χ4v) is 4.36. The van der Waals surface area contributed by atoms with Crippen molar-refractivity contribution in [3.05, 3.63) is 71.6 Å². The Labute approximate surface area is 175 Å². The predicted molar refractivity (Wildman–Crippen MR) is 105 cm³/mol. The van der Waals surface area contributed by atoms with Crippen LogP contribution in [0.4, 0.5) is 5.69 Å². The Hall–Kier alpha value is -1.86. The standard InChI is InChI=1S/C21H21N2OS.HI/c1-3-22-16-10-5-7-12-18(16)24-20(22)14-9-15-21-23(4-2)17-11-6-8-13-19(17)25-21;/h5-15H,3-4H2,1-2H3;1H/q+1;/p-1. The molecule has 0 saturated heterocycles. The molecule has 1 aromatic heterocycles. The lowest BCUT2D eigenvalue weighted by Crippen LogP contribution is -3.00. The van der Waals surface area contributed by atoms with Gasteiger partial charge in [0, 0.05) is 18.7 Å². The van der Waals surface area contributed by atoms with Gasteiger partial charge in [0.1, 0.15) is 11.2 Å². The molecule has 2 heterocycles. The molecule has 0 radical (unpaired) electrons. The molecule has 0 amide bonds. The van der Waals surface area contributed by atoms with Crippen LogP contribution in [0.5, 0.6) is 5.75 Å². The number of nitrogens with zero attached hydrogens (tertiary/aromatic N) is 2. The summed E-state index contributed by atoms with van der Waals surface area (Å²) in [5, 5.41) is 1.25. The third kappa shape index (κ3) is 3.38. The monoisotopic (exact) mass is 476 g/mol. The van der Waals surface area contributed by atoms with E-state index in [9.17, 15) is 0 Å². The molecule has 0 fully saturated rings. The summed E-state index contributed by atoms with van der Waals surface area (Å²) in [5.74, 6) is 1.80. The Balaban J connectivity index is 0.00000196. The maximum Gasteiger partial charge on any atom is 0.262 e. The van der Waals surface area contributed by atoms with Gasteiger partial charge in [0.15, 0.2) is 5.75 Å². The van der Waals surface area contributed by atoms with E-state index in [0.29, 0.717) is 0 Å². The number of hydrogen-bond acceptors (Lipinski definition) is 3. The highest BCUT2D eigenvalue weighted by molar-refractivity contribution is 7.18. The molecule has 0 bridgehead atoms. The SMILES string of the molecule is CCN1/C(=C/C=C/c2sc3ccccc3[n+]2CC)Oc2ccccc21.[I-]. The van der Waals surface area contributed by atoms with Crippen LogP contribution in [0, 0.1) is 0 Å². The van der Waals surface area contributed by atoms with Crippen LogP contribution in [0.2, 0.25) is 0 Å². The molecule has 0 unspecified atom stereocenters. The van der Waals surface area contributed by atoms with Crippen molar-refractivity contribution in [1.29, 1.82) is 0 Å². The largest absolute Gasteiger partial charge is 1.00 e. The van der Waals surface area contributed by atoms with E-state index in [1.165, 1.54) is 15.2 Å². The highest BCUT2D eigenvalue weighted by atomic mass is 127. The van der Waals surface area contributed by atoms with E-state index in [4.69, 9.17) is 4.74 Å². The first kappa shape index (κ1) is 18.9. The number of halogens is 1. The zero-order valence-corrected chi connectivity index (χ0v) is 17.8. The molecule has 134 valence electrons. The summed E-state index contributed by atoms with van der Waals surface area (Å²) in [4.78, 5) is 2.19. The van der Waals surface area contributed by atoms with E-state index in [1.54, 1.807) is 0 Å². The maximum absolute atomic E-state index is 6.00. The topological polar surface area (TPSA) is 16.4 Å². The summed E-state index contributed by atoms with van der Waals surface area (Å²) in [6, 6.07) is 16.7. The molecule has 2 aromatic carbocycles. The lowest BCUT2D eigenvalue weighted by atomic mass is 10.3. The number of aryl methyl sites for hydroxylation is 1. The van der Waals surface area contributed by atoms with Gasteiger partial charge in [-0.25, -0.2) is 0 Å². The van der Waals surface area contributed by atoms with E-state index in [1.807, 2.05) is 35.6 Å². The number of allylic oxidation sites excluding steroid dienone is 2. The number of aromatic nitrogens is 1. The minimum Gasteiger partial charge on any atom is -1.00 e.